The second-order valence-electron chi connectivity index (χ2n) is 5.49. The summed E-state index contributed by atoms with van der Waals surface area (Å²) in [7, 11) is 0. The molecule has 1 unspecified atom stereocenters. The molecule has 1 saturated heterocycles. The molecule has 2 aromatic heterocycles. The number of rotatable bonds is 3. The third-order valence-corrected chi connectivity index (χ3v) is 3.89. The maximum atomic E-state index is 12.2. The second-order valence-corrected chi connectivity index (χ2v) is 5.49. The van der Waals surface area contributed by atoms with Crippen LogP contribution in [0.25, 0.3) is 0 Å². The molecule has 1 aliphatic heterocycles. The third kappa shape index (κ3) is 3.46. The van der Waals surface area contributed by atoms with E-state index in [1.54, 1.807) is 42.9 Å². The van der Waals surface area contributed by atoms with Crippen molar-refractivity contribution in [1.82, 2.24) is 15.3 Å². The Bertz CT molecular complexity index is 725. The number of carbonyl (C=O) groups excluding carboxylic acids is 1. The average molecular weight is 307 g/mol. The maximum Gasteiger partial charge on any atom is 0.253 e. The quantitative estimate of drug-likeness (QED) is 0.934. The zero-order chi connectivity index (χ0) is 16.1. The first-order chi connectivity index (χ1) is 11.3. The minimum absolute atomic E-state index is 0.0324. The molecule has 0 aromatic carbocycles. The first kappa shape index (κ1) is 15.0. The monoisotopic (exact) mass is 307 g/mol. The Morgan fingerprint density at radius 2 is 2.22 bits per heavy atom. The number of anilines is 1. The van der Waals surface area contributed by atoms with Gasteiger partial charge < -0.3 is 10.2 Å². The molecule has 0 radical (unpaired) electrons. The van der Waals surface area contributed by atoms with E-state index in [9.17, 15) is 10.1 Å². The molecule has 2 aromatic rings. The number of nitriles is 1. The van der Waals surface area contributed by atoms with Crippen LogP contribution in [0.3, 0.4) is 0 Å². The van der Waals surface area contributed by atoms with Crippen LogP contribution in [0.5, 0.6) is 0 Å². The Labute approximate surface area is 134 Å². The predicted octanol–water partition coefficient (Wildman–Crippen LogP) is 1.75. The second kappa shape index (κ2) is 6.88. The molecule has 116 valence electrons. The summed E-state index contributed by atoms with van der Waals surface area (Å²) in [6.07, 6.45) is 6.75. The zero-order valence-corrected chi connectivity index (χ0v) is 12.6. The molecule has 3 heterocycles. The van der Waals surface area contributed by atoms with Gasteiger partial charge in [-0.1, -0.05) is 0 Å². The molecule has 1 N–H and O–H groups in total. The molecule has 0 bridgehead atoms. The fraction of sp³-hybridized carbons (Fsp3) is 0.294. The average Bonchev–Trinajstić information content (AvgIpc) is 2.62. The standard InChI is InChI=1S/C17H17N5O/c18-10-13-4-2-8-20-16(13)22-9-3-6-15(12-22)21-17(23)14-5-1-7-19-11-14/h1-2,4-5,7-8,11,15H,3,6,9,12H2,(H,21,23). The van der Waals surface area contributed by atoms with Crippen molar-refractivity contribution in [3.05, 3.63) is 54.0 Å². The third-order valence-electron chi connectivity index (χ3n) is 3.89. The van der Waals surface area contributed by atoms with E-state index in [0.717, 1.165) is 19.4 Å². The van der Waals surface area contributed by atoms with Crippen molar-refractivity contribution in [2.24, 2.45) is 0 Å². The van der Waals surface area contributed by atoms with Crippen LogP contribution in [0, 0.1) is 11.3 Å². The number of hydrogen-bond donors (Lipinski definition) is 1. The number of hydrogen-bond acceptors (Lipinski definition) is 5. The van der Waals surface area contributed by atoms with E-state index in [1.807, 2.05) is 0 Å². The lowest BCUT2D eigenvalue weighted by atomic mass is 10.0. The van der Waals surface area contributed by atoms with Crippen LogP contribution < -0.4 is 10.2 Å². The van der Waals surface area contributed by atoms with Gasteiger partial charge in [0, 0.05) is 37.7 Å². The normalized spacial score (nSPS) is 17.3. The highest BCUT2D eigenvalue weighted by atomic mass is 16.1. The van der Waals surface area contributed by atoms with Gasteiger partial charge >= 0.3 is 0 Å². The highest BCUT2D eigenvalue weighted by Gasteiger charge is 2.24. The van der Waals surface area contributed by atoms with Crippen molar-refractivity contribution in [2.75, 3.05) is 18.0 Å². The molecule has 6 heteroatoms. The van der Waals surface area contributed by atoms with Gasteiger partial charge in [-0.3, -0.25) is 9.78 Å². The minimum Gasteiger partial charge on any atom is -0.353 e. The number of amides is 1. The number of pyridine rings is 2. The first-order valence-corrected chi connectivity index (χ1v) is 7.59. The summed E-state index contributed by atoms with van der Waals surface area (Å²) in [5.41, 5.74) is 1.12. The van der Waals surface area contributed by atoms with Crippen molar-refractivity contribution in [2.45, 2.75) is 18.9 Å². The van der Waals surface area contributed by atoms with Gasteiger partial charge in [0.2, 0.25) is 0 Å². The van der Waals surface area contributed by atoms with E-state index in [2.05, 4.69) is 26.3 Å². The maximum absolute atomic E-state index is 12.2. The fourth-order valence-electron chi connectivity index (χ4n) is 2.79. The Hall–Kier alpha value is -2.94. The lowest BCUT2D eigenvalue weighted by molar-refractivity contribution is 0.0932. The largest absolute Gasteiger partial charge is 0.353 e. The number of piperidine rings is 1. The minimum atomic E-state index is -0.119. The zero-order valence-electron chi connectivity index (χ0n) is 12.6. The molecule has 0 aliphatic carbocycles. The smallest absolute Gasteiger partial charge is 0.253 e. The summed E-state index contributed by atoms with van der Waals surface area (Å²) in [6, 6.07) is 9.22. The van der Waals surface area contributed by atoms with Gasteiger partial charge in [-0.15, -0.1) is 0 Å². The molecule has 23 heavy (non-hydrogen) atoms. The lowest BCUT2D eigenvalue weighted by Gasteiger charge is -2.34. The van der Waals surface area contributed by atoms with E-state index in [4.69, 9.17) is 0 Å². The number of carbonyl (C=O) groups is 1. The first-order valence-electron chi connectivity index (χ1n) is 7.59. The van der Waals surface area contributed by atoms with Gasteiger partial charge in [0.1, 0.15) is 11.9 Å². The summed E-state index contributed by atoms with van der Waals surface area (Å²) >= 11 is 0. The Morgan fingerprint density at radius 1 is 1.35 bits per heavy atom. The van der Waals surface area contributed by atoms with Crippen LogP contribution >= 0.6 is 0 Å². The molecule has 1 atom stereocenters. The number of aromatic nitrogens is 2. The van der Waals surface area contributed by atoms with E-state index >= 15 is 0 Å². The Morgan fingerprint density at radius 3 is 3.00 bits per heavy atom. The van der Waals surface area contributed by atoms with Gasteiger partial charge in [0.05, 0.1) is 11.1 Å². The van der Waals surface area contributed by atoms with Gasteiger partial charge in [-0.25, -0.2) is 4.98 Å². The number of nitrogens with one attached hydrogen (secondary N) is 1. The summed E-state index contributed by atoms with van der Waals surface area (Å²) in [5.74, 6) is 0.571. The molecule has 0 saturated carbocycles. The Kier molecular flexibility index (Phi) is 4.48. The fourth-order valence-corrected chi connectivity index (χ4v) is 2.79. The molecular formula is C17H17N5O. The van der Waals surface area contributed by atoms with Gasteiger partial charge in [-0.2, -0.15) is 5.26 Å². The Balaban J connectivity index is 1.69. The van der Waals surface area contributed by atoms with Gasteiger partial charge in [-0.05, 0) is 37.1 Å². The van der Waals surface area contributed by atoms with E-state index in [0.29, 0.717) is 23.5 Å². The molecule has 6 nitrogen and oxygen atoms in total. The van der Waals surface area contributed by atoms with Gasteiger partial charge in [0.25, 0.3) is 5.91 Å². The lowest BCUT2D eigenvalue weighted by Crippen LogP contribution is -2.48. The number of nitrogens with zero attached hydrogens (tertiary/aromatic N) is 4. The van der Waals surface area contributed by atoms with E-state index in [-0.39, 0.29) is 11.9 Å². The van der Waals surface area contributed by atoms with E-state index in [1.165, 1.54) is 0 Å². The highest BCUT2D eigenvalue weighted by molar-refractivity contribution is 5.94. The SMILES string of the molecule is N#Cc1cccnc1N1CCCC(NC(=O)c2cccnc2)C1. The van der Waals surface area contributed by atoms with Crippen molar-refractivity contribution in [3.8, 4) is 6.07 Å². The van der Waals surface area contributed by atoms with Crippen LogP contribution in [0.4, 0.5) is 5.82 Å². The predicted molar refractivity (Wildman–Crippen MR) is 85.9 cm³/mol. The molecule has 0 spiro atoms. The summed E-state index contributed by atoms with van der Waals surface area (Å²) < 4.78 is 0. The van der Waals surface area contributed by atoms with Crippen LogP contribution in [-0.2, 0) is 0 Å². The molecule has 3 rings (SSSR count). The van der Waals surface area contributed by atoms with Crippen molar-refractivity contribution in [1.29, 1.82) is 5.26 Å². The van der Waals surface area contributed by atoms with Crippen LogP contribution in [0.2, 0.25) is 0 Å². The van der Waals surface area contributed by atoms with Crippen molar-refractivity contribution in [3.63, 3.8) is 0 Å². The van der Waals surface area contributed by atoms with Gasteiger partial charge in [0.15, 0.2) is 0 Å². The highest BCUT2D eigenvalue weighted by Crippen LogP contribution is 2.21. The molecule has 1 aliphatic rings. The summed E-state index contributed by atoms with van der Waals surface area (Å²) in [6.45, 7) is 1.49. The van der Waals surface area contributed by atoms with Crippen LogP contribution in [0.15, 0.2) is 42.9 Å². The van der Waals surface area contributed by atoms with E-state index < -0.39 is 0 Å². The van der Waals surface area contributed by atoms with Crippen molar-refractivity contribution >= 4 is 11.7 Å². The molecule has 1 amide bonds. The topological polar surface area (TPSA) is 81.9 Å². The summed E-state index contributed by atoms with van der Waals surface area (Å²) in [5, 5.41) is 12.3. The van der Waals surface area contributed by atoms with Crippen molar-refractivity contribution < 1.29 is 4.79 Å². The molecular weight excluding hydrogens is 290 g/mol. The van der Waals surface area contributed by atoms with Crippen LogP contribution in [-0.4, -0.2) is 35.0 Å². The van der Waals surface area contributed by atoms with Crippen LogP contribution in [0.1, 0.15) is 28.8 Å². The molecule has 1 fully saturated rings. The summed E-state index contributed by atoms with van der Waals surface area (Å²) in [4.78, 5) is 22.6.